The number of rotatable bonds is 3. The Morgan fingerprint density at radius 2 is 2.12 bits per heavy atom. The highest BCUT2D eigenvalue weighted by atomic mass is 79.9. The van der Waals surface area contributed by atoms with E-state index in [2.05, 4.69) is 15.9 Å². The Bertz CT molecular complexity index is 558. The number of carbonyl (C=O) groups is 1. The number of primary sulfonamides is 1. The van der Waals surface area contributed by atoms with Crippen LogP contribution in [0.1, 0.15) is 17.3 Å². The lowest BCUT2D eigenvalue weighted by molar-refractivity contribution is 0.0526. The van der Waals surface area contributed by atoms with E-state index in [1.165, 1.54) is 12.1 Å². The lowest BCUT2D eigenvalue weighted by atomic mass is 10.2. The van der Waals surface area contributed by atoms with Gasteiger partial charge in [-0.2, -0.15) is 0 Å². The van der Waals surface area contributed by atoms with Crippen molar-refractivity contribution in [2.45, 2.75) is 11.8 Å². The predicted molar refractivity (Wildman–Crippen MR) is 66.5 cm³/mol. The van der Waals surface area contributed by atoms with Crippen molar-refractivity contribution >= 4 is 43.5 Å². The average molecular weight is 343 g/mol. The Balaban J connectivity index is 3.44. The number of halogens is 2. The number of nitrogens with two attached hydrogens (primary N) is 1. The second-order valence-electron chi connectivity index (χ2n) is 3.03. The summed E-state index contributed by atoms with van der Waals surface area (Å²) in [6.07, 6.45) is 0. The van der Waals surface area contributed by atoms with Gasteiger partial charge < -0.3 is 4.74 Å². The molecular formula is C9H9BrClNO4S. The number of ether oxygens (including phenoxy) is 1. The molecule has 0 heterocycles. The fourth-order valence-electron chi connectivity index (χ4n) is 1.13. The van der Waals surface area contributed by atoms with Crippen molar-refractivity contribution in [1.82, 2.24) is 0 Å². The number of hydrogen-bond acceptors (Lipinski definition) is 4. The summed E-state index contributed by atoms with van der Waals surface area (Å²) in [5.41, 5.74) is -0.0492. The molecule has 1 aromatic carbocycles. The van der Waals surface area contributed by atoms with E-state index >= 15 is 0 Å². The SMILES string of the molecule is CCOC(=O)c1cc(Br)cc(S(N)(=O)=O)c1Cl. The maximum Gasteiger partial charge on any atom is 0.339 e. The van der Waals surface area contributed by atoms with Gasteiger partial charge in [0.1, 0.15) is 4.90 Å². The van der Waals surface area contributed by atoms with E-state index in [0.717, 1.165) is 0 Å². The molecule has 0 fully saturated rings. The molecule has 0 spiro atoms. The van der Waals surface area contributed by atoms with Crippen LogP contribution in [0.5, 0.6) is 0 Å². The van der Waals surface area contributed by atoms with E-state index in [9.17, 15) is 13.2 Å². The van der Waals surface area contributed by atoms with Crippen LogP contribution in [0, 0.1) is 0 Å². The highest BCUT2D eigenvalue weighted by Crippen LogP contribution is 2.29. The zero-order chi connectivity index (χ0) is 13.2. The van der Waals surface area contributed by atoms with Crippen LogP contribution in [0.3, 0.4) is 0 Å². The van der Waals surface area contributed by atoms with E-state index in [4.69, 9.17) is 21.5 Å². The second kappa shape index (κ2) is 5.34. The first kappa shape index (κ1) is 14.4. The highest BCUT2D eigenvalue weighted by Gasteiger charge is 2.21. The van der Waals surface area contributed by atoms with Crippen molar-refractivity contribution in [2.75, 3.05) is 6.61 Å². The van der Waals surface area contributed by atoms with Crippen molar-refractivity contribution < 1.29 is 17.9 Å². The molecule has 0 radical (unpaired) electrons. The van der Waals surface area contributed by atoms with E-state index in [-0.39, 0.29) is 22.1 Å². The van der Waals surface area contributed by atoms with Gasteiger partial charge >= 0.3 is 5.97 Å². The van der Waals surface area contributed by atoms with Gasteiger partial charge in [0, 0.05) is 4.47 Å². The Morgan fingerprint density at radius 1 is 1.53 bits per heavy atom. The third-order valence-electron chi connectivity index (χ3n) is 1.81. The monoisotopic (exact) mass is 341 g/mol. The van der Waals surface area contributed by atoms with Crippen LogP contribution in [-0.2, 0) is 14.8 Å². The Morgan fingerprint density at radius 3 is 2.59 bits per heavy atom. The molecule has 5 nitrogen and oxygen atoms in total. The van der Waals surface area contributed by atoms with Gasteiger partial charge in [0.2, 0.25) is 10.0 Å². The molecule has 0 saturated carbocycles. The van der Waals surface area contributed by atoms with Gasteiger partial charge in [0.05, 0.1) is 17.2 Å². The maximum atomic E-state index is 11.5. The van der Waals surface area contributed by atoms with Crippen LogP contribution in [0.25, 0.3) is 0 Å². The van der Waals surface area contributed by atoms with Gasteiger partial charge in [-0.1, -0.05) is 27.5 Å². The minimum atomic E-state index is -4.00. The molecule has 0 bridgehead atoms. The van der Waals surface area contributed by atoms with E-state index < -0.39 is 16.0 Å². The minimum absolute atomic E-state index is 0.0492. The fourth-order valence-corrected chi connectivity index (χ4v) is 2.90. The lowest BCUT2D eigenvalue weighted by Crippen LogP contribution is -2.15. The van der Waals surface area contributed by atoms with E-state index in [1.54, 1.807) is 6.92 Å². The number of sulfonamides is 1. The molecule has 0 saturated heterocycles. The number of esters is 1. The molecule has 0 aliphatic rings. The summed E-state index contributed by atoms with van der Waals surface area (Å²) in [4.78, 5) is 11.2. The Hall–Kier alpha value is -0.630. The largest absolute Gasteiger partial charge is 0.462 e. The smallest absolute Gasteiger partial charge is 0.339 e. The van der Waals surface area contributed by atoms with Crippen molar-refractivity contribution in [1.29, 1.82) is 0 Å². The quantitative estimate of drug-likeness (QED) is 0.850. The van der Waals surface area contributed by atoms with Crippen molar-refractivity contribution in [3.8, 4) is 0 Å². The zero-order valence-corrected chi connectivity index (χ0v) is 11.9. The topological polar surface area (TPSA) is 86.5 Å². The third-order valence-corrected chi connectivity index (χ3v) is 3.72. The summed E-state index contributed by atoms with van der Waals surface area (Å²) >= 11 is 8.89. The molecule has 1 aromatic rings. The summed E-state index contributed by atoms with van der Waals surface area (Å²) in [6, 6.07) is 2.59. The van der Waals surface area contributed by atoms with Gasteiger partial charge in [0.25, 0.3) is 0 Å². The lowest BCUT2D eigenvalue weighted by Gasteiger charge is -2.08. The molecule has 2 N–H and O–H groups in total. The molecular weight excluding hydrogens is 334 g/mol. The predicted octanol–water partition coefficient (Wildman–Crippen LogP) is 1.93. The van der Waals surface area contributed by atoms with Gasteiger partial charge in [-0.15, -0.1) is 0 Å². The van der Waals surface area contributed by atoms with Crippen LogP contribution in [0.15, 0.2) is 21.5 Å². The molecule has 1 rings (SSSR count). The summed E-state index contributed by atoms with van der Waals surface area (Å²) < 4.78 is 27.6. The van der Waals surface area contributed by atoms with Gasteiger partial charge in [-0.3, -0.25) is 0 Å². The third kappa shape index (κ3) is 3.41. The van der Waals surface area contributed by atoms with Crippen molar-refractivity contribution in [3.05, 3.63) is 27.2 Å². The summed E-state index contributed by atoms with van der Waals surface area (Å²) in [7, 11) is -4.00. The number of carbonyl (C=O) groups excluding carboxylic acids is 1. The molecule has 17 heavy (non-hydrogen) atoms. The average Bonchev–Trinajstić information content (AvgIpc) is 2.19. The van der Waals surface area contributed by atoms with E-state index in [0.29, 0.717) is 4.47 Å². The van der Waals surface area contributed by atoms with Crippen molar-refractivity contribution in [2.24, 2.45) is 5.14 Å². The highest BCUT2D eigenvalue weighted by molar-refractivity contribution is 9.10. The minimum Gasteiger partial charge on any atom is -0.462 e. The Labute approximate surface area is 112 Å². The van der Waals surface area contributed by atoms with Gasteiger partial charge in [-0.25, -0.2) is 18.4 Å². The van der Waals surface area contributed by atoms with Gasteiger partial charge in [0.15, 0.2) is 0 Å². The first-order valence-corrected chi connectivity index (χ1v) is 7.18. The first-order chi connectivity index (χ1) is 7.77. The maximum absolute atomic E-state index is 11.5. The summed E-state index contributed by atoms with van der Waals surface area (Å²) in [5, 5.41) is 4.74. The van der Waals surface area contributed by atoms with Crippen LogP contribution < -0.4 is 5.14 Å². The molecule has 0 unspecified atom stereocenters. The molecule has 8 heteroatoms. The van der Waals surface area contributed by atoms with Crippen LogP contribution in [-0.4, -0.2) is 21.0 Å². The summed E-state index contributed by atoms with van der Waals surface area (Å²) in [6.45, 7) is 1.79. The summed E-state index contributed by atoms with van der Waals surface area (Å²) in [5.74, 6) is -0.705. The zero-order valence-electron chi connectivity index (χ0n) is 8.74. The van der Waals surface area contributed by atoms with Crippen molar-refractivity contribution in [3.63, 3.8) is 0 Å². The normalized spacial score (nSPS) is 11.3. The fraction of sp³-hybridized carbons (Fsp3) is 0.222. The molecule has 0 aliphatic heterocycles. The second-order valence-corrected chi connectivity index (χ2v) is 5.85. The molecule has 0 aliphatic carbocycles. The molecule has 94 valence electrons. The standard InChI is InChI=1S/C9H9BrClNO4S/c1-2-16-9(13)6-3-5(10)4-7(8(6)11)17(12,14)15/h3-4H,2H2,1H3,(H2,12,14,15). The number of hydrogen-bond donors (Lipinski definition) is 1. The number of benzene rings is 1. The van der Waals surface area contributed by atoms with Crippen LogP contribution >= 0.6 is 27.5 Å². The molecule has 0 aromatic heterocycles. The van der Waals surface area contributed by atoms with Gasteiger partial charge in [-0.05, 0) is 19.1 Å². The molecule has 0 amide bonds. The van der Waals surface area contributed by atoms with Crippen LogP contribution in [0.2, 0.25) is 5.02 Å². The molecule has 0 atom stereocenters. The Kier molecular flexibility index (Phi) is 4.54. The first-order valence-electron chi connectivity index (χ1n) is 4.46. The van der Waals surface area contributed by atoms with E-state index in [1.807, 2.05) is 0 Å². The van der Waals surface area contributed by atoms with Crippen LogP contribution in [0.4, 0.5) is 0 Å².